The van der Waals surface area contributed by atoms with Gasteiger partial charge in [0, 0.05) is 14.1 Å². The lowest BCUT2D eigenvalue weighted by Crippen LogP contribution is -2.33. The minimum Gasteiger partial charge on any atom is -0.382 e. The van der Waals surface area contributed by atoms with Gasteiger partial charge >= 0.3 is 0 Å². The van der Waals surface area contributed by atoms with E-state index in [-0.39, 0.29) is 17.8 Å². The molecule has 0 spiro atoms. The Labute approximate surface area is 105 Å². The zero-order chi connectivity index (χ0) is 13.0. The number of carbonyl (C=O) groups is 1. The summed E-state index contributed by atoms with van der Waals surface area (Å²) in [6.45, 7) is 1.91. The molecule has 1 aromatic heterocycles. The van der Waals surface area contributed by atoms with Gasteiger partial charge in [0.1, 0.15) is 10.7 Å². The summed E-state index contributed by atoms with van der Waals surface area (Å²) >= 11 is 1.25. The highest BCUT2D eigenvalue weighted by molar-refractivity contribution is 7.18. The second kappa shape index (κ2) is 5.55. The zero-order valence-corrected chi connectivity index (χ0v) is 11.0. The Bertz CT molecular complexity index is 447. The van der Waals surface area contributed by atoms with Crippen LogP contribution in [0.5, 0.6) is 0 Å². The largest absolute Gasteiger partial charge is 0.382 e. The fourth-order valence-corrected chi connectivity index (χ4v) is 1.97. The van der Waals surface area contributed by atoms with Crippen LogP contribution in [-0.2, 0) is 0 Å². The van der Waals surface area contributed by atoms with E-state index in [0.29, 0.717) is 16.4 Å². The minimum absolute atomic E-state index is 0.239. The molecular weight excluding hydrogens is 236 g/mol. The zero-order valence-electron chi connectivity index (χ0n) is 10.2. The van der Waals surface area contributed by atoms with Gasteiger partial charge < -0.3 is 16.0 Å². The van der Waals surface area contributed by atoms with Gasteiger partial charge in [0.25, 0.3) is 5.91 Å². The molecule has 92 valence electrons. The van der Waals surface area contributed by atoms with Crippen LogP contribution in [0.25, 0.3) is 0 Å². The molecule has 0 saturated heterocycles. The molecule has 0 aliphatic carbocycles. The van der Waals surface area contributed by atoms with Gasteiger partial charge in [-0.2, -0.15) is 0 Å². The van der Waals surface area contributed by atoms with Crippen molar-refractivity contribution >= 4 is 28.2 Å². The summed E-state index contributed by atoms with van der Waals surface area (Å²) in [6.07, 6.45) is 5.97. The second-order valence-corrected chi connectivity index (χ2v) is 4.68. The van der Waals surface area contributed by atoms with Crippen molar-refractivity contribution in [1.82, 2.24) is 10.3 Å². The molecule has 1 atom stereocenters. The smallest absolute Gasteiger partial charge is 0.266 e. The summed E-state index contributed by atoms with van der Waals surface area (Å²) < 4.78 is 0. The first-order valence-electron chi connectivity index (χ1n) is 5.20. The predicted octanol–water partition coefficient (Wildman–Crippen LogP) is 0.933. The lowest BCUT2D eigenvalue weighted by atomic mass is 10.2. The highest BCUT2D eigenvalue weighted by atomic mass is 32.1. The Morgan fingerprint density at radius 3 is 2.76 bits per heavy atom. The fraction of sp³-hybridized carbons (Fsp3) is 0.455. The van der Waals surface area contributed by atoms with Crippen LogP contribution in [0.2, 0.25) is 0 Å². The van der Waals surface area contributed by atoms with Crippen LogP contribution in [0.1, 0.15) is 23.0 Å². The maximum absolute atomic E-state index is 11.9. The molecule has 1 rings (SSSR count). The highest BCUT2D eigenvalue weighted by Crippen LogP contribution is 2.26. The molecule has 0 aromatic carbocycles. The predicted molar refractivity (Wildman–Crippen MR) is 71.2 cm³/mol. The van der Waals surface area contributed by atoms with Crippen LogP contribution in [0.3, 0.4) is 0 Å². The lowest BCUT2D eigenvalue weighted by Gasteiger charge is -2.09. The average Bonchev–Trinajstić information content (AvgIpc) is 2.68. The van der Waals surface area contributed by atoms with Crippen molar-refractivity contribution < 1.29 is 4.79 Å². The number of terminal acetylenes is 1. The van der Waals surface area contributed by atoms with E-state index in [1.807, 2.05) is 21.0 Å². The molecule has 1 unspecified atom stereocenters. The molecule has 0 aliphatic rings. The summed E-state index contributed by atoms with van der Waals surface area (Å²) in [6, 6.07) is -0.271. The van der Waals surface area contributed by atoms with Crippen molar-refractivity contribution in [1.29, 1.82) is 0 Å². The van der Waals surface area contributed by atoms with Crippen molar-refractivity contribution in [3.05, 3.63) is 4.88 Å². The number of nitrogen functional groups attached to an aromatic ring is 1. The van der Waals surface area contributed by atoms with Gasteiger partial charge in [-0.1, -0.05) is 24.2 Å². The normalized spacial score (nSPS) is 11.6. The van der Waals surface area contributed by atoms with Crippen molar-refractivity contribution in [2.75, 3.05) is 24.7 Å². The first-order valence-corrected chi connectivity index (χ1v) is 6.01. The number of carbonyl (C=O) groups excluding carboxylic acids is 1. The van der Waals surface area contributed by atoms with E-state index >= 15 is 0 Å². The van der Waals surface area contributed by atoms with Gasteiger partial charge in [0.15, 0.2) is 5.13 Å². The standard InChI is InChI=1S/C11H16N4OS/c1-5-7(6-2)13-10(16)8-9(12)14-11(17-8)15(3)4/h1,7H,6,12H2,2-4H3,(H,13,16). The number of nitrogens with zero attached hydrogens (tertiary/aromatic N) is 2. The monoisotopic (exact) mass is 252 g/mol. The van der Waals surface area contributed by atoms with Crippen molar-refractivity contribution in [2.24, 2.45) is 0 Å². The molecule has 1 amide bonds. The maximum Gasteiger partial charge on any atom is 0.266 e. The molecule has 6 heteroatoms. The van der Waals surface area contributed by atoms with Crippen LogP contribution < -0.4 is 16.0 Å². The molecular formula is C11H16N4OS. The Hall–Kier alpha value is -1.74. The van der Waals surface area contributed by atoms with Crippen molar-refractivity contribution in [2.45, 2.75) is 19.4 Å². The first-order chi connectivity index (χ1) is 7.99. The number of amides is 1. The van der Waals surface area contributed by atoms with Gasteiger partial charge in [-0.05, 0) is 6.42 Å². The lowest BCUT2D eigenvalue weighted by molar-refractivity contribution is 0.0950. The number of hydrogen-bond donors (Lipinski definition) is 2. The fourth-order valence-electron chi connectivity index (χ4n) is 1.16. The summed E-state index contributed by atoms with van der Waals surface area (Å²) in [5, 5.41) is 3.42. The third-order valence-electron chi connectivity index (χ3n) is 2.15. The molecule has 0 fully saturated rings. The van der Waals surface area contributed by atoms with Crippen LogP contribution in [0.4, 0.5) is 10.9 Å². The van der Waals surface area contributed by atoms with E-state index in [1.54, 1.807) is 4.90 Å². The maximum atomic E-state index is 11.9. The number of nitrogens with two attached hydrogens (primary N) is 1. The molecule has 1 heterocycles. The number of anilines is 2. The Kier molecular flexibility index (Phi) is 4.35. The summed E-state index contributed by atoms with van der Waals surface area (Å²) in [5.74, 6) is 2.48. The molecule has 0 saturated carbocycles. The van der Waals surface area contributed by atoms with Crippen LogP contribution in [-0.4, -0.2) is 31.0 Å². The van der Waals surface area contributed by atoms with Gasteiger partial charge in [-0.3, -0.25) is 4.79 Å². The van der Waals surface area contributed by atoms with Crippen LogP contribution >= 0.6 is 11.3 Å². The number of hydrogen-bond acceptors (Lipinski definition) is 5. The Morgan fingerprint density at radius 2 is 2.35 bits per heavy atom. The molecule has 1 aromatic rings. The van der Waals surface area contributed by atoms with E-state index in [9.17, 15) is 4.79 Å². The molecule has 5 nitrogen and oxygen atoms in total. The van der Waals surface area contributed by atoms with Crippen molar-refractivity contribution in [3.8, 4) is 12.3 Å². The van der Waals surface area contributed by atoms with E-state index in [2.05, 4.69) is 16.2 Å². The third-order valence-corrected chi connectivity index (χ3v) is 3.38. The van der Waals surface area contributed by atoms with Gasteiger partial charge in [0.2, 0.25) is 0 Å². The molecule has 0 aliphatic heterocycles. The average molecular weight is 252 g/mol. The summed E-state index contributed by atoms with van der Waals surface area (Å²) in [4.78, 5) is 18.2. The van der Waals surface area contributed by atoms with E-state index in [4.69, 9.17) is 12.2 Å². The third kappa shape index (κ3) is 3.11. The van der Waals surface area contributed by atoms with Crippen LogP contribution in [0, 0.1) is 12.3 Å². The second-order valence-electron chi connectivity index (χ2n) is 3.71. The number of aromatic nitrogens is 1. The van der Waals surface area contributed by atoms with E-state index in [1.165, 1.54) is 11.3 Å². The summed E-state index contributed by atoms with van der Waals surface area (Å²) in [5.41, 5.74) is 5.70. The van der Waals surface area contributed by atoms with E-state index < -0.39 is 0 Å². The van der Waals surface area contributed by atoms with Crippen LogP contribution in [0.15, 0.2) is 0 Å². The molecule has 0 radical (unpaired) electrons. The summed E-state index contributed by atoms with van der Waals surface area (Å²) in [7, 11) is 3.69. The van der Waals surface area contributed by atoms with E-state index in [0.717, 1.165) is 0 Å². The first kappa shape index (κ1) is 13.3. The quantitative estimate of drug-likeness (QED) is 0.782. The van der Waals surface area contributed by atoms with Crippen molar-refractivity contribution in [3.63, 3.8) is 0 Å². The highest BCUT2D eigenvalue weighted by Gasteiger charge is 2.18. The Morgan fingerprint density at radius 1 is 1.71 bits per heavy atom. The number of thiazole rings is 1. The van der Waals surface area contributed by atoms with Gasteiger partial charge in [-0.15, -0.1) is 6.42 Å². The number of nitrogens with one attached hydrogen (secondary N) is 1. The van der Waals surface area contributed by atoms with Gasteiger partial charge in [0.05, 0.1) is 6.04 Å². The molecule has 17 heavy (non-hydrogen) atoms. The Balaban J connectivity index is 2.86. The SMILES string of the molecule is C#CC(CC)NC(=O)c1sc(N(C)C)nc1N. The number of rotatable bonds is 4. The minimum atomic E-state index is -0.271. The van der Waals surface area contributed by atoms with Gasteiger partial charge in [-0.25, -0.2) is 4.98 Å². The molecule has 0 bridgehead atoms. The topological polar surface area (TPSA) is 71.2 Å². The molecule has 3 N–H and O–H groups in total.